The highest BCUT2D eigenvalue weighted by molar-refractivity contribution is 7.99. The molecule has 14 heavy (non-hydrogen) atoms. The quantitative estimate of drug-likeness (QED) is 0.825. The van der Waals surface area contributed by atoms with Gasteiger partial charge in [0.15, 0.2) is 0 Å². The summed E-state index contributed by atoms with van der Waals surface area (Å²) in [6, 6.07) is 8.18. The maximum atomic E-state index is 10.8. The Morgan fingerprint density at radius 3 is 2.71 bits per heavy atom. The molecule has 76 valence electrons. The van der Waals surface area contributed by atoms with Crippen molar-refractivity contribution >= 4 is 17.7 Å². The molecule has 1 rings (SSSR count). The van der Waals surface area contributed by atoms with Crippen LogP contribution < -0.4 is 5.73 Å². The molecule has 2 nitrogen and oxygen atoms in total. The molecule has 0 aliphatic heterocycles. The molecule has 0 spiro atoms. The Hall–Kier alpha value is -0.960. The standard InChI is InChI=1S/C11H15NOS/c1-8-5-3-4-6-10(8)7-14-9(2)11(12)13/h3-6,9H,7H2,1-2H3,(H2,12,13)/t9-/m0/s1. The number of carbonyl (C=O) groups is 1. The van der Waals surface area contributed by atoms with E-state index in [1.165, 1.54) is 11.1 Å². The Bertz CT molecular complexity index is 325. The molecule has 1 atom stereocenters. The second-order valence-corrected chi connectivity index (χ2v) is 4.61. The fourth-order valence-corrected chi connectivity index (χ4v) is 1.99. The number of amides is 1. The molecule has 0 bridgehead atoms. The molecule has 0 aliphatic carbocycles. The maximum absolute atomic E-state index is 10.8. The predicted molar refractivity (Wildman–Crippen MR) is 61.1 cm³/mol. The normalized spacial score (nSPS) is 12.4. The number of rotatable bonds is 4. The van der Waals surface area contributed by atoms with Crippen LogP contribution in [0.15, 0.2) is 24.3 Å². The molecule has 0 radical (unpaired) electrons. The zero-order valence-electron chi connectivity index (χ0n) is 8.49. The SMILES string of the molecule is Cc1ccccc1CS[C@@H](C)C(N)=O. The van der Waals surface area contributed by atoms with Crippen LogP contribution in [0.2, 0.25) is 0 Å². The van der Waals surface area contributed by atoms with Crippen molar-refractivity contribution in [3.05, 3.63) is 35.4 Å². The summed E-state index contributed by atoms with van der Waals surface area (Å²) in [7, 11) is 0. The van der Waals surface area contributed by atoms with Gasteiger partial charge in [-0.05, 0) is 25.0 Å². The van der Waals surface area contributed by atoms with Crippen molar-refractivity contribution in [2.75, 3.05) is 0 Å². The van der Waals surface area contributed by atoms with Crippen molar-refractivity contribution < 1.29 is 4.79 Å². The number of hydrogen-bond donors (Lipinski definition) is 1. The van der Waals surface area contributed by atoms with Gasteiger partial charge in [-0.1, -0.05) is 24.3 Å². The van der Waals surface area contributed by atoms with Crippen molar-refractivity contribution in [2.45, 2.75) is 24.9 Å². The smallest absolute Gasteiger partial charge is 0.230 e. The third-order valence-corrected chi connectivity index (χ3v) is 3.36. The summed E-state index contributed by atoms with van der Waals surface area (Å²) in [6.45, 7) is 3.91. The molecule has 1 aromatic carbocycles. The number of aryl methyl sites for hydroxylation is 1. The molecular weight excluding hydrogens is 194 g/mol. The van der Waals surface area contributed by atoms with E-state index < -0.39 is 0 Å². The summed E-state index contributed by atoms with van der Waals surface area (Å²) in [5, 5.41) is -0.116. The Kier molecular flexibility index (Phi) is 4.01. The van der Waals surface area contributed by atoms with Crippen LogP contribution in [0.25, 0.3) is 0 Å². The van der Waals surface area contributed by atoms with Crippen molar-refractivity contribution in [3.63, 3.8) is 0 Å². The lowest BCUT2D eigenvalue weighted by atomic mass is 10.1. The molecule has 0 fully saturated rings. The lowest BCUT2D eigenvalue weighted by molar-refractivity contribution is -0.117. The molecule has 0 aliphatic rings. The summed E-state index contributed by atoms with van der Waals surface area (Å²) in [5.41, 5.74) is 7.71. The summed E-state index contributed by atoms with van der Waals surface area (Å²) in [5.74, 6) is 0.597. The third-order valence-electron chi connectivity index (χ3n) is 2.15. The Balaban J connectivity index is 2.54. The monoisotopic (exact) mass is 209 g/mol. The van der Waals surface area contributed by atoms with E-state index in [0.717, 1.165) is 5.75 Å². The van der Waals surface area contributed by atoms with Crippen LogP contribution in [-0.2, 0) is 10.5 Å². The van der Waals surface area contributed by atoms with Gasteiger partial charge in [0.2, 0.25) is 5.91 Å². The van der Waals surface area contributed by atoms with Crippen LogP contribution in [0.1, 0.15) is 18.1 Å². The Morgan fingerprint density at radius 2 is 2.14 bits per heavy atom. The average Bonchev–Trinajstić information content (AvgIpc) is 2.16. The van der Waals surface area contributed by atoms with Crippen LogP contribution in [0.5, 0.6) is 0 Å². The van der Waals surface area contributed by atoms with E-state index in [-0.39, 0.29) is 11.2 Å². The number of primary amides is 1. The first-order chi connectivity index (χ1) is 6.61. The van der Waals surface area contributed by atoms with E-state index in [9.17, 15) is 4.79 Å². The third kappa shape index (κ3) is 3.07. The zero-order valence-corrected chi connectivity index (χ0v) is 9.30. The fraction of sp³-hybridized carbons (Fsp3) is 0.364. The molecule has 0 heterocycles. The van der Waals surface area contributed by atoms with Gasteiger partial charge in [-0.25, -0.2) is 0 Å². The molecule has 0 saturated heterocycles. The Labute approximate surface area is 88.9 Å². The van der Waals surface area contributed by atoms with Gasteiger partial charge in [-0.2, -0.15) is 0 Å². The molecule has 0 unspecified atom stereocenters. The van der Waals surface area contributed by atoms with Gasteiger partial charge < -0.3 is 5.73 Å². The van der Waals surface area contributed by atoms with E-state index in [0.29, 0.717) is 0 Å². The highest BCUT2D eigenvalue weighted by atomic mass is 32.2. The van der Waals surface area contributed by atoms with Crippen molar-refractivity contribution in [1.29, 1.82) is 0 Å². The van der Waals surface area contributed by atoms with E-state index in [4.69, 9.17) is 5.73 Å². The minimum absolute atomic E-state index is 0.116. The first-order valence-electron chi connectivity index (χ1n) is 4.56. The number of nitrogens with two attached hydrogens (primary N) is 1. The van der Waals surface area contributed by atoms with Crippen molar-refractivity contribution in [3.8, 4) is 0 Å². The van der Waals surface area contributed by atoms with Crippen LogP contribution in [0.3, 0.4) is 0 Å². The lowest BCUT2D eigenvalue weighted by Crippen LogP contribution is -2.22. The van der Waals surface area contributed by atoms with Crippen LogP contribution in [0, 0.1) is 6.92 Å². The van der Waals surface area contributed by atoms with E-state index in [2.05, 4.69) is 19.1 Å². The van der Waals surface area contributed by atoms with E-state index >= 15 is 0 Å². The highest BCUT2D eigenvalue weighted by Crippen LogP contribution is 2.19. The van der Waals surface area contributed by atoms with Gasteiger partial charge in [0, 0.05) is 5.75 Å². The molecule has 1 amide bonds. The summed E-state index contributed by atoms with van der Waals surface area (Å²) < 4.78 is 0. The maximum Gasteiger partial charge on any atom is 0.230 e. The fourth-order valence-electron chi connectivity index (χ4n) is 1.07. The number of carbonyl (C=O) groups excluding carboxylic acids is 1. The van der Waals surface area contributed by atoms with Crippen LogP contribution >= 0.6 is 11.8 Å². The second kappa shape index (κ2) is 5.05. The molecule has 3 heteroatoms. The Morgan fingerprint density at radius 1 is 1.50 bits per heavy atom. The number of benzene rings is 1. The minimum Gasteiger partial charge on any atom is -0.369 e. The van der Waals surface area contributed by atoms with Crippen molar-refractivity contribution in [2.24, 2.45) is 5.73 Å². The zero-order chi connectivity index (χ0) is 10.6. The second-order valence-electron chi connectivity index (χ2n) is 3.28. The summed E-state index contributed by atoms with van der Waals surface area (Å²) >= 11 is 1.58. The first-order valence-corrected chi connectivity index (χ1v) is 5.61. The van der Waals surface area contributed by atoms with Gasteiger partial charge in [-0.3, -0.25) is 4.79 Å². The lowest BCUT2D eigenvalue weighted by Gasteiger charge is -2.08. The van der Waals surface area contributed by atoms with Crippen molar-refractivity contribution in [1.82, 2.24) is 0 Å². The summed E-state index contributed by atoms with van der Waals surface area (Å²) in [6.07, 6.45) is 0. The van der Waals surface area contributed by atoms with Crippen LogP contribution in [0.4, 0.5) is 0 Å². The average molecular weight is 209 g/mol. The van der Waals surface area contributed by atoms with Gasteiger partial charge >= 0.3 is 0 Å². The van der Waals surface area contributed by atoms with Gasteiger partial charge in [0.05, 0.1) is 5.25 Å². The molecule has 0 aromatic heterocycles. The number of hydrogen-bond acceptors (Lipinski definition) is 2. The van der Waals surface area contributed by atoms with Gasteiger partial charge in [-0.15, -0.1) is 11.8 Å². The van der Waals surface area contributed by atoms with E-state index in [1.807, 2.05) is 19.1 Å². The molecular formula is C11H15NOS. The first kappa shape index (κ1) is 11.1. The minimum atomic E-state index is -0.247. The topological polar surface area (TPSA) is 43.1 Å². The molecule has 2 N–H and O–H groups in total. The van der Waals surface area contributed by atoms with Gasteiger partial charge in [0.25, 0.3) is 0 Å². The molecule has 0 saturated carbocycles. The highest BCUT2D eigenvalue weighted by Gasteiger charge is 2.09. The number of thioether (sulfide) groups is 1. The predicted octanol–water partition coefficient (Wildman–Crippen LogP) is 2.10. The van der Waals surface area contributed by atoms with Crippen LogP contribution in [-0.4, -0.2) is 11.2 Å². The summed E-state index contributed by atoms with van der Waals surface area (Å²) in [4.78, 5) is 10.8. The molecule has 1 aromatic rings. The van der Waals surface area contributed by atoms with E-state index in [1.54, 1.807) is 11.8 Å². The largest absolute Gasteiger partial charge is 0.369 e. The van der Waals surface area contributed by atoms with Gasteiger partial charge in [0.1, 0.15) is 0 Å².